The summed E-state index contributed by atoms with van der Waals surface area (Å²) in [6.45, 7) is 10.6. The van der Waals surface area contributed by atoms with E-state index in [-0.39, 0.29) is 0 Å². The summed E-state index contributed by atoms with van der Waals surface area (Å²) in [6.07, 6.45) is 5.98. The van der Waals surface area contributed by atoms with E-state index in [1.807, 2.05) is 0 Å². The van der Waals surface area contributed by atoms with Gasteiger partial charge in [-0.15, -0.1) is 0 Å². The highest BCUT2D eigenvalue weighted by atomic mass is 14.9. The summed E-state index contributed by atoms with van der Waals surface area (Å²) >= 11 is 0. The van der Waals surface area contributed by atoms with Gasteiger partial charge in [0.1, 0.15) is 0 Å². The molecule has 0 aromatic heterocycles. The third-order valence-electron chi connectivity index (χ3n) is 4.90. The third kappa shape index (κ3) is 2.55. The maximum Gasteiger partial charge on any atom is 0.00981 e. The molecular weight excluding hydrogens is 182 g/mol. The van der Waals surface area contributed by atoms with Gasteiger partial charge in [-0.05, 0) is 49.0 Å². The van der Waals surface area contributed by atoms with Crippen molar-refractivity contribution in [3.05, 3.63) is 0 Å². The number of hydrogen-bond acceptors (Lipinski definition) is 1. The quantitative estimate of drug-likeness (QED) is 0.750. The van der Waals surface area contributed by atoms with E-state index < -0.39 is 0 Å². The van der Waals surface area contributed by atoms with E-state index in [4.69, 9.17) is 0 Å². The lowest BCUT2D eigenvalue weighted by atomic mass is 9.81. The molecule has 0 amide bonds. The smallest absolute Gasteiger partial charge is 0.00981 e. The Morgan fingerprint density at radius 1 is 1.20 bits per heavy atom. The molecule has 0 aromatic carbocycles. The number of rotatable bonds is 3. The highest BCUT2D eigenvalue weighted by molar-refractivity contribution is 4.94. The summed E-state index contributed by atoms with van der Waals surface area (Å²) in [5.74, 6) is 2.86. The SMILES string of the molecule is CC(CNC1CC2CCC1C2)C(C)(C)C. The van der Waals surface area contributed by atoms with Gasteiger partial charge in [0.2, 0.25) is 0 Å². The van der Waals surface area contributed by atoms with Crippen molar-refractivity contribution in [3.8, 4) is 0 Å². The molecule has 0 saturated heterocycles. The fourth-order valence-electron chi connectivity index (χ4n) is 3.13. The van der Waals surface area contributed by atoms with Gasteiger partial charge in [-0.1, -0.05) is 34.1 Å². The van der Waals surface area contributed by atoms with Crippen LogP contribution in [0.3, 0.4) is 0 Å². The van der Waals surface area contributed by atoms with Crippen LogP contribution in [0, 0.1) is 23.2 Å². The van der Waals surface area contributed by atoms with Crippen LogP contribution >= 0.6 is 0 Å². The molecule has 4 atom stereocenters. The van der Waals surface area contributed by atoms with Crippen molar-refractivity contribution in [2.24, 2.45) is 23.2 Å². The number of nitrogens with one attached hydrogen (secondary N) is 1. The van der Waals surface area contributed by atoms with Crippen LogP contribution in [0.5, 0.6) is 0 Å². The van der Waals surface area contributed by atoms with Gasteiger partial charge in [-0.25, -0.2) is 0 Å². The molecule has 0 aliphatic heterocycles. The van der Waals surface area contributed by atoms with Gasteiger partial charge in [0.25, 0.3) is 0 Å². The molecule has 2 saturated carbocycles. The zero-order valence-electron chi connectivity index (χ0n) is 10.8. The van der Waals surface area contributed by atoms with Crippen molar-refractivity contribution in [1.29, 1.82) is 0 Å². The Bertz CT molecular complexity index is 216. The number of hydrogen-bond donors (Lipinski definition) is 1. The third-order valence-corrected chi connectivity index (χ3v) is 4.90. The maximum absolute atomic E-state index is 3.82. The van der Waals surface area contributed by atoms with Crippen molar-refractivity contribution in [2.45, 2.75) is 59.4 Å². The Morgan fingerprint density at radius 2 is 1.93 bits per heavy atom. The van der Waals surface area contributed by atoms with Crippen LogP contribution in [0.1, 0.15) is 53.4 Å². The van der Waals surface area contributed by atoms with E-state index in [1.54, 1.807) is 0 Å². The van der Waals surface area contributed by atoms with E-state index in [1.165, 1.54) is 32.2 Å². The highest BCUT2D eigenvalue weighted by Crippen LogP contribution is 2.44. The molecule has 2 bridgehead atoms. The first-order valence-corrected chi connectivity index (χ1v) is 6.70. The van der Waals surface area contributed by atoms with Gasteiger partial charge in [-0.2, -0.15) is 0 Å². The Morgan fingerprint density at radius 3 is 2.40 bits per heavy atom. The molecule has 1 nitrogen and oxygen atoms in total. The Kier molecular flexibility index (Phi) is 3.12. The maximum atomic E-state index is 3.82. The molecule has 1 heteroatoms. The summed E-state index contributed by atoms with van der Waals surface area (Å²) in [6, 6.07) is 0.855. The van der Waals surface area contributed by atoms with Gasteiger partial charge >= 0.3 is 0 Å². The lowest BCUT2D eigenvalue weighted by molar-refractivity contribution is 0.231. The summed E-state index contributed by atoms with van der Waals surface area (Å²) in [5.41, 5.74) is 0.449. The van der Waals surface area contributed by atoms with Gasteiger partial charge in [-0.3, -0.25) is 0 Å². The van der Waals surface area contributed by atoms with Crippen LogP contribution < -0.4 is 5.32 Å². The van der Waals surface area contributed by atoms with Crippen LogP contribution in [0.25, 0.3) is 0 Å². The normalized spacial score (nSPS) is 37.2. The second-order valence-electron chi connectivity index (χ2n) is 6.96. The Labute approximate surface area is 95.0 Å². The van der Waals surface area contributed by atoms with Gasteiger partial charge < -0.3 is 5.32 Å². The van der Waals surface area contributed by atoms with Gasteiger partial charge in [0.15, 0.2) is 0 Å². The molecule has 0 aromatic rings. The fourth-order valence-corrected chi connectivity index (χ4v) is 3.13. The molecule has 2 rings (SSSR count). The molecule has 2 aliphatic rings. The van der Waals surface area contributed by atoms with E-state index in [2.05, 4.69) is 33.0 Å². The molecule has 0 spiro atoms. The summed E-state index contributed by atoms with van der Waals surface area (Å²) < 4.78 is 0. The predicted molar refractivity (Wildman–Crippen MR) is 65.9 cm³/mol. The highest BCUT2D eigenvalue weighted by Gasteiger charge is 2.39. The topological polar surface area (TPSA) is 12.0 Å². The molecule has 2 aliphatic carbocycles. The van der Waals surface area contributed by atoms with Crippen molar-refractivity contribution in [2.75, 3.05) is 6.54 Å². The van der Waals surface area contributed by atoms with Crippen molar-refractivity contribution in [3.63, 3.8) is 0 Å². The average Bonchev–Trinajstić information content (AvgIpc) is 2.73. The minimum atomic E-state index is 0.449. The molecule has 88 valence electrons. The largest absolute Gasteiger partial charge is 0.313 e. The average molecular weight is 209 g/mol. The zero-order chi connectivity index (χ0) is 11.1. The molecule has 0 heterocycles. The van der Waals surface area contributed by atoms with Gasteiger partial charge in [0, 0.05) is 6.04 Å². The molecule has 2 fully saturated rings. The van der Waals surface area contributed by atoms with Crippen LogP contribution in [-0.4, -0.2) is 12.6 Å². The van der Waals surface area contributed by atoms with Crippen LogP contribution in [0.2, 0.25) is 0 Å². The monoisotopic (exact) mass is 209 g/mol. The molecule has 4 unspecified atom stereocenters. The van der Waals surface area contributed by atoms with E-state index >= 15 is 0 Å². The van der Waals surface area contributed by atoms with Crippen LogP contribution in [0.15, 0.2) is 0 Å². The number of fused-ring (bicyclic) bond motifs is 2. The Hall–Kier alpha value is -0.0400. The van der Waals surface area contributed by atoms with Crippen molar-refractivity contribution < 1.29 is 0 Å². The molecular formula is C14H27N. The second-order valence-corrected chi connectivity index (χ2v) is 6.96. The summed E-state index contributed by atoms with van der Waals surface area (Å²) in [5, 5.41) is 3.82. The van der Waals surface area contributed by atoms with Gasteiger partial charge in [0.05, 0.1) is 0 Å². The van der Waals surface area contributed by atoms with Crippen LogP contribution in [-0.2, 0) is 0 Å². The Balaban J connectivity index is 1.75. The first-order valence-electron chi connectivity index (χ1n) is 6.70. The van der Waals surface area contributed by atoms with E-state index in [9.17, 15) is 0 Å². The minimum Gasteiger partial charge on any atom is -0.313 e. The van der Waals surface area contributed by atoms with Crippen molar-refractivity contribution >= 4 is 0 Å². The van der Waals surface area contributed by atoms with E-state index in [0.717, 1.165) is 23.8 Å². The summed E-state index contributed by atoms with van der Waals surface area (Å²) in [7, 11) is 0. The minimum absolute atomic E-state index is 0.449. The second kappa shape index (κ2) is 4.08. The summed E-state index contributed by atoms with van der Waals surface area (Å²) in [4.78, 5) is 0. The predicted octanol–water partition coefficient (Wildman–Crippen LogP) is 3.45. The lowest BCUT2D eigenvalue weighted by Crippen LogP contribution is -2.39. The standard InChI is InChI=1S/C14H27N/c1-10(14(2,3)4)9-15-13-8-11-5-6-12(13)7-11/h10-13,15H,5-9H2,1-4H3. The molecule has 0 radical (unpaired) electrons. The fraction of sp³-hybridized carbons (Fsp3) is 1.00. The molecule has 15 heavy (non-hydrogen) atoms. The van der Waals surface area contributed by atoms with Crippen molar-refractivity contribution in [1.82, 2.24) is 5.32 Å². The molecule has 1 N–H and O–H groups in total. The van der Waals surface area contributed by atoms with Crippen LogP contribution in [0.4, 0.5) is 0 Å². The lowest BCUT2D eigenvalue weighted by Gasteiger charge is -2.31. The van der Waals surface area contributed by atoms with E-state index in [0.29, 0.717) is 5.41 Å². The first-order chi connectivity index (χ1) is 6.97. The zero-order valence-corrected chi connectivity index (χ0v) is 10.8. The first kappa shape index (κ1) is 11.4.